The number of rotatable bonds is 7. The minimum atomic E-state index is 0. The van der Waals surface area contributed by atoms with Crippen molar-refractivity contribution in [2.45, 2.75) is 17.1 Å². The van der Waals surface area contributed by atoms with Crippen LogP contribution in [0.25, 0.3) is 0 Å². The molecule has 0 fully saturated rings. The van der Waals surface area contributed by atoms with Gasteiger partial charge in [0.25, 0.3) is 0 Å². The summed E-state index contributed by atoms with van der Waals surface area (Å²) in [7, 11) is 3.38. The molecule has 0 saturated carbocycles. The van der Waals surface area contributed by atoms with E-state index in [0.717, 1.165) is 34.1 Å². The Bertz CT molecular complexity index is 578. The zero-order valence-corrected chi connectivity index (χ0v) is 14.5. The minimum Gasteiger partial charge on any atom is -0.496 e. The van der Waals surface area contributed by atoms with Crippen LogP contribution in [-0.4, -0.2) is 20.8 Å². The third kappa shape index (κ3) is 4.83. The van der Waals surface area contributed by atoms with Gasteiger partial charge in [0.2, 0.25) is 0 Å². The molecule has 5 heteroatoms. The molecule has 0 unspecified atom stereocenters. The van der Waals surface area contributed by atoms with Gasteiger partial charge in [0.05, 0.1) is 19.1 Å². The standard InChI is InChI=1S/C17H21NO2S.ClH/c1-19-15-11-17(16(20-2)10-14(15)8-9-18)21-12-13-6-4-3-5-7-13;/h3-7,10-11H,8-9,12,18H2,1-2H3;1H. The largest absolute Gasteiger partial charge is 0.496 e. The quantitative estimate of drug-likeness (QED) is 0.776. The van der Waals surface area contributed by atoms with Crippen molar-refractivity contribution in [3.05, 3.63) is 53.6 Å². The SMILES string of the molecule is COc1cc(SCc2ccccc2)c(OC)cc1CCN.Cl. The smallest absolute Gasteiger partial charge is 0.132 e. The second-order valence-corrected chi connectivity index (χ2v) is 5.65. The van der Waals surface area contributed by atoms with Crippen LogP contribution < -0.4 is 15.2 Å². The molecule has 120 valence electrons. The van der Waals surface area contributed by atoms with E-state index in [-0.39, 0.29) is 12.4 Å². The lowest BCUT2D eigenvalue weighted by Crippen LogP contribution is -2.05. The summed E-state index contributed by atoms with van der Waals surface area (Å²) in [6.07, 6.45) is 0.781. The normalized spacial score (nSPS) is 9.95. The molecule has 0 aliphatic rings. The minimum absolute atomic E-state index is 0. The molecule has 0 spiro atoms. The summed E-state index contributed by atoms with van der Waals surface area (Å²) in [5.74, 6) is 2.65. The summed E-state index contributed by atoms with van der Waals surface area (Å²) in [6.45, 7) is 0.593. The van der Waals surface area contributed by atoms with Gasteiger partial charge in [0.1, 0.15) is 11.5 Å². The summed E-state index contributed by atoms with van der Waals surface area (Å²) < 4.78 is 11.0. The van der Waals surface area contributed by atoms with Crippen LogP contribution in [0.2, 0.25) is 0 Å². The first-order chi connectivity index (χ1) is 10.3. The van der Waals surface area contributed by atoms with Gasteiger partial charge in [-0.15, -0.1) is 24.2 Å². The molecule has 22 heavy (non-hydrogen) atoms. The van der Waals surface area contributed by atoms with Crippen molar-refractivity contribution in [1.29, 1.82) is 0 Å². The number of nitrogens with two attached hydrogens (primary N) is 1. The number of halogens is 1. The molecule has 0 atom stereocenters. The van der Waals surface area contributed by atoms with Crippen molar-refractivity contribution in [3.8, 4) is 11.5 Å². The van der Waals surface area contributed by atoms with E-state index in [9.17, 15) is 0 Å². The first-order valence-electron chi connectivity index (χ1n) is 6.90. The summed E-state index contributed by atoms with van der Waals surface area (Å²) in [5.41, 5.74) is 8.02. The number of benzene rings is 2. The van der Waals surface area contributed by atoms with E-state index in [1.54, 1.807) is 26.0 Å². The lowest BCUT2D eigenvalue weighted by molar-refractivity contribution is 0.390. The Hall–Kier alpha value is -1.36. The van der Waals surface area contributed by atoms with E-state index in [1.165, 1.54) is 5.56 Å². The predicted molar refractivity (Wildman–Crippen MR) is 95.6 cm³/mol. The van der Waals surface area contributed by atoms with E-state index in [2.05, 4.69) is 24.3 Å². The van der Waals surface area contributed by atoms with Gasteiger partial charge in [0.15, 0.2) is 0 Å². The van der Waals surface area contributed by atoms with Crippen LogP contribution >= 0.6 is 24.2 Å². The Morgan fingerprint density at radius 1 is 1.00 bits per heavy atom. The first kappa shape index (κ1) is 18.7. The van der Waals surface area contributed by atoms with E-state index in [4.69, 9.17) is 15.2 Å². The van der Waals surface area contributed by atoms with Gasteiger partial charge in [-0.1, -0.05) is 30.3 Å². The van der Waals surface area contributed by atoms with Crippen LogP contribution in [0.5, 0.6) is 11.5 Å². The van der Waals surface area contributed by atoms with Gasteiger partial charge >= 0.3 is 0 Å². The fourth-order valence-electron chi connectivity index (χ4n) is 2.13. The number of ether oxygens (including phenoxy) is 2. The molecule has 2 rings (SSSR count). The van der Waals surface area contributed by atoms with E-state index in [0.29, 0.717) is 6.54 Å². The van der Waals surface area contributed by atoms with Gasteiger partial charge in [-0.2, -0.15) is 0 Å². The second-order valence-electron chi connectivity index (χ2n) is 4.63. The van der Waals surface area contributed by atoms with Gasteiger partial charge in [-0.05, 0) is 36.2 Å². The Morgan fingerprint density at radius 2 is 1.68 bits per heavy atom. The molecule has 2 N–H and O–H groups in total. The highest BCUT2D eigenvalue weighted by Crippen LogP contribution is 2.37. The molecule has 0 aliphatic carbocycles. The van der Waals surface area contributed by atoms with Crippen LogP contribution in [0.1, 0.15) is 11.1 Å². The Kier molecular flexibility index (Phi) is 8.17. The molecular formula is C17H22ClNO2S. The average Bonchev–Trinajstić information content (AvgIpc) is 2.54. The highest BCUT2D eigenvalue weighted by Gasteiger charge is 2.11. The molecule has 0 aliphatic heterocycles. The van der Waals surface area contributed by atoms with Crippen molar-refractivity contribution < 1.29 is 9.47 Å². The van der Waals surface area contributed by atoms with Gasteiger partial charge in [0, 0.05) is 5.75 Å². The van der Waals surface area contributed by atoms with Gasteiger partial charge < -0.3 is 15.2 Å². The van der Waals surface area contributed by atoms with Crippen molar-refractivity contribution in [3.63, 3.8) is 0 Å². The highest BCUT2D eigenvalue weighted by molar-refractivity contribution is 7.98. The van der Waals surface area contributed by atoms with Crippen molar-refractivity contribution in [2.75, 3.05) is 20.8 Å². The van der Waals surface area contributed by atoms with Gasteiger partial charge in [-0.25, -0.2) is 0 Å². The molecule has 3 nitrogen and oxygen atoms in total. The van der Waals surface area contributed by atoms with E-state index < -0.39 is 0 Å². The van der Waals surface area contributed by atoms with Crippen molar-refractivity contribution >= 4 is 24.2 Å². The number of methoxy groups -OCH3 is 2. The van der Waals surface area contributed by atoms with Crippen molar-refractivity contribution in [2.24, 2.45) is 5.73 Å². The van der Waals surface area contributed by atoms with Crippen LogP contribution in [-0.2, 0) is 12.2 Å². The van der Waals surface area contributed by atoms with Gasteiger partial charge in [-0.3, -0.25) is 0 Å². The Labute approximate surface area is 142 Å². The molecule has 0 amide bonds. The monoisotopic (exact) mass is 339 g/mol. The molecule has 0 heterocycles. The molecule has 2 aromatic rings. The topological polar surface area (TPSA) is 44.5 Å². The highest BCUT2D eigenvalue weighted by atomic mass is 35.5. The van der Waals surface area contributed by atoms with Crippen LogP contribution in [0.3, 0.4) is 0 Å². The van der Waals surface area contributed by atoms with Crippen LogP contribution in [0.15, 0.2) is 47.4 Å². The molecule has 0 bridgehead atoms. The number of hydrogen-bond acceptors (Lipinski definition) is 4. The third-order valence-corrected chi connectivity index (χ3v) is 4.33. The molecule has 0 aromatic heterocycles. The number of hydrogen-bond donors (Lipinski definition) is 1. The lowest BCUT2D eigenvalue weighted by atomic mass is 10.1. The zero-order chi connectivity index (χ0) is 15.1. The summed E-state index contributed by atoms with van der Waals surface area (Å²) in [6, 6.07) is 14.4. The summed E-state index contributed by atoms with van der Waals surface area (Å²) in [5, 5.41) is 0. The average molecular weight is 340 g/mol. The van der Waals surface area contributed by atoms with Crippen molar-refractivity contribution in [1.82, 2.24) is 0 Å². The third-order valence-electron chi connectivity index (χ3n) is 3.22. The lowest BCUT2D eigenvalue weighted by Gasteiger charge is -2.14. The zero-order valence-electron chi connectivity index (χ0n) is 12.9. The molecule has 2 aromatic carbocycles. The van der Waals surface area contributed by atoms with Crippen LogP contribution in [0, 0.1) is 0 Å². The molecular weight excluding hydrogens is 318 g/mol. The van der Waals surface area contributed by atoms with E-state index >= 15 is 0 Å². The maximum atomic E-state index is 5.65. The Balaban J connectivity index is 0.00000242. The van der Waals surface area contributed by atoms with Crippen LogP contribution in [0.4, 0.5) is 0 Å². The number of thioether (sulfide) groups is 1. The second kappa shape index (κ2) is 9.62. The predicted octanol–water partition coefficient (Wildman–Crippen LogP) is 3.92. The van der Waals surface area contributed by atoms with E-state index in [1.807, 2.05) is 18.2 Å². The summed E-state index contributed by atoms with van der Waals surface area (Å²) in [4.78, 5) is 1.08. The Morgan fingerprint density at radius 3 is 2.27 bits per heavy atom. The maximum Gasteiger partial charge on any atom is 0.132 e. The summed E-state index contributed by atoms with van der Waals surface area (Å²) >= 11 is 1.74. The molecule has 0 radical (unpaired) electrons. The molecule has 0 saturated heterocycles. The fourth-order valence-corrected chi connectivity index (χ4v) is 3.12. The maximum absolute atomic E-state index is 5.65. The first-order valence-corrected chi connectivity index (χ1v) is 7.88. The fraction of sp³-hybridized carbons (Fsp3) is 0.294.